The minimum Gasteiger partial charge on any atom is -0.487 e. The predicted molar refractivity (Wildman–Crippen MR) is 99.2 cm³/mol. The molecule has 1 amide bonds. The van der Waals surface area contributed by atoms with Crippen molar-refractivity contribution in [3.63, 3.8) is 0 Å². The summed E-state index contributed by atoms with van der Waals surface area (Å²) in [4.78, 5) is 12.5. The Bertz CT molecular complexity index is 770. The minimum atomic E-state index is -0.297. The van der Waals surface area contributed by atoms with Gasteiger partial charge in [-0.2, -0.15) is 0 Å². The molecule has 0 saturated carbocycles. The lowest BCUT2D eigenvalue weighted by atomic mass is 9.89. The summed E-state index contributed by atoms with van der Waals surface area (Å²) in [6.45, 7) is 6.17. The van der Waals surface area contributed by atoms with Gasteiger partial charge < -0.3 is 10.1 Å². The van der Waals surface area contributed by atoms with E-state index >= 15 is 0 Å². The first-order valence-corrected chi connectivity index (χ1v) is 8.95. The Kier molecular flexibility index (Phi) is 4.68. The number of benzene rings is 2. The number of hydrogen-bond donors (Lipinski definition) is 1. The fraction of sp³-hybridized carbons (Fsp3) is 0.350. The van der Waals surface area contributed by atoms with Gasteiger partial charge in [0.1, 0.15) is 11.4 Å². The Labute approximate surface area is 151 Å². The largest absolute Gasteiger partial charge is 0.487 e. The number of rotatable bonds is 3. The number of amides is 1. The van der Waals surface area contributed by atoms with Gasteiger partial charge in [0.2, 0.25) is 5.91 Å². The second kappa shape index (κ2) is 6.60. The number of fused-ring (bicyclic) bond motifs is 1. The highest BCUT2D eigenvalue weighted by Gasteiger charge is 2.34. The molecule has 0 saturated heterocycles. The smallest absolute Gasteiger partial charge is 0.224 e. The average molecular weight is 388 g/mol. The summed E-state index contributed by atoms with van der Waals surface area (Å²) >= 11 is 3.45. The van der Waals surface area contributed by atoms with Gasteiger partial charge in [-0.05, 0) is 50.1 Å². The van der Waals surface area contributed by atoms with E-state index in [2.05, 4.69) is 47.2 Å². The van der Waals surface area contributed by atoms with Gasteiger partial charge in [-0.1, -0.05) is 40.2 Å². The molecule has 0 fully saturated rings. The highest BCUT2D eigenvalue weighted by atomic mass is 79.9. The van der Waals surface area contributed by atoms with Crippen LogP contribution >= 0.6 is 15.9 Å². The summed E-state index contributed by atoms with van der Waals surface area (Å²) in [6.07, 6.45) is 1.13. The maximum absolute atomic E-state index is 12.5. The van der Waals surface area contributed by atoms with Crippen molar-refractivity contribution < 1.29 is 9.53 Å². The highest BCUT2D eigenvalue weighted by molar-refractivity contribution is 9.10. The van der Waals surface area contributed by atoms with E-state index in [-0.39, 0.29) is 17.6 Å². The average Bonchev–Trinajstić information content (AvgIpc) is 2.45. The van der Waals surface area contributed by atoms with Crippen molar-refractivity contribution in [1.29, 1.82) is 0 Å². The van der Waals surface area contributed by atoms with Crippen LogP contribution in [0.3, 0.4) is 0 Å². The summed E-state index contributed by atoms with van der Waals surface area (Å²) in [7, 11) is 0. The molecule has 0 unspecified atom stereocenters. The predicted octanol–water partition coefficient (Wildman–Crippen LogP) is 4.72. The molecule has 0 radical (unpaired) electrons. The molecule has 0 aromatic heterocycles. The van der Waals surface area contributed by atoms with Crippen LogP contribution < -0.4 is 10.1 Å². The van der Waals surface area contributed by atoms with Crippen molar-refractivity contribution in [2.24, 2.45) is 0 Å². The molecule has 2 aromatic rings. The molecule has 0 aliphatic carbocycles. The second-order valence-electron chi connectivity index (χ2n) is 7.03. The standard InChI is InChI=1S/C20H22BrNO2/c1-13-7-8-16-17(12-20(2,3)24-18(16)9-13)22-19(23)11-14-5-4-6-15(21)10-14/h4-10,17H,11-12H2,1-3H3,(H,22,23)/t17-/m1/s1. The number of halogens is 1. The molecule has 0 spiro atoms. The highest BCUT2D eigenvalue weighted by Crippen LogP contribution is 2.39. The number of aryl methyl sites for hydroxylation is 1. The lowest BCUT2D eigenvalue weighted by Gasteiger charge is -2.38. The molecule has 1 aliphatic rings. The van der Waals surface area contributed by atoms with Crippen LogP contribution in [0, 0.1) is 6.92 Å². The minimum absolute atomic E-state index is 0.0241. The molecule has 3 nitrogen and oxygen atoms in total. The zero-order valence-corrected chi connectivity index (χ0v) is 15.8. The van der Waals surface area contributed by atoms with Crippen molar-refractivity contribution in [2.75, 3.05) is 0 Å². The maximum atomic E-state index is 12.5. The van der Waals surface area contributed by atoms with Crippen LogP contribution in [-0.2, 0) is 11.2 Å². The van der Waals surface area contributed by atoms with E-state index in [1.165, 1.54) is 0 Å². The molecule has 1 aliphatic heterocycles. The fourth-order valence-electron chi connectivity index (χ4n) is 3.17. The van der Waals surface area contributed by atoms with Gasteiger partial charge in [-0.15, -0.1) is 0 Å². The Morgan fingerprint density at radius 3 is 2.83 bits per heavy atom. The van der Waals surface area contributed by atoms with E-state index < -0.39 is 0 Å². The third-order valence-electron chi connectivity index (χ3n) is 4.22. The monoisotopic (exact) mass is 387 g/mol. The molecule has 1 N–H and O–H groups in total. The summed E-state index contributed by atoms with van der Waals surface area (Å²) in [5.74, 6) is 0.904. The van der Waals surface area contributed by atoms with Crippen molar-refractivity contribution >= 4 is 21.8 Å². The van der Waals surface area contributed by atoms with Gasteiger partial charge in [0.05, 0.1) is 12.5 Å². The van der Waals surface area contributed by atoms with E-state index in [0.717, 1.165) is 33.3 Å². The SMILES string of the molecule is Cc1ccc2c(c1)OC(C)(C)C[C@H]2NC(=O)Cc1cccc(Br)c1. The van der Waals surface area contributed by atoms with E-state index in [4.69, 9.17) is 4.74 Å². The van der Waals surface area contributed by atoms with Gasteiger partial charge in [0.25, 0.3) is 0 Å². The zero-order valence-electron chi connectivity index (χ0n) is 14.2. The molecule has 1 heterocycles. The second-order valence-corrected chi connectivity index (χ2v) is 7.95. The van der Waals surface area contributed by atoms with Crippen molar-refractivity contribution in [2.45, 2.75) is 45.3 Å². The molecular formula is C20H22BrNO2. The molecule has 3 rings (SSSR count). The third-order valence-corrected chi connectivity index (χ3v) is 4.71. The summed E-state index contributed by atoms with van der Waals surface area (Å²) in [6, 6.07) is 14.0. The quantitative estimate of drug-likeness (QED) is 0.827. The number of nitrogens with one attached hydrogen (secondary N) is 1. The lowest BCUT2D eigenvalue weighted by Crippen LogP contribution is -2.41. The Morgan fingerprint density at radius 2 is 2.08 bits per heavy atom. The lowest BCUT2D eigenvalue weighted by molar-refractivity contribution is -0.121. The Morgan fingerprint density at radius 1 is 1.29 bits per heavy atom. The Balaban J connectivity index is 1.78. The number of carbonyl (C=O) groups is 1. The van der Waals surface area contributed by atoms with Crippen molar-refractivity contribution in [3.05, 3.63) is 63.6 Å². The molecule has 126 valence electrons. The first-order chi connectivity index (χ1) is 11.3. The van der Waals surface area contributed by atoms with Gasteiger partial charge in [0.15, 0.2) is 0 Å². The van der Waals surface area contributed by atoms with E-state index in [1.54, 1.807) is 0 Å². The first-order valence-electron chi connectivity index (χ1n) is 8.16. The van der Waals surface area contributed by atoms with Crippen molar-refractivity contribution in [1.82, 2.24) is 5.32 Å². The molecule has 0 bridgehead atoms. The van der Waals surface area contributed by atoms with Crippen LogP contribution in [-0.4, -0.2) is 11.5 Å². The van der Waals surface area contributed by atoms with Crippen LogP contribution in [0.4, 0.5) is 0 Å². The van der Waals surface area contributed by atoms with Crippen LogP contribution in [0.5, 0.6) is 5.75 Å². The maximum Gasteiger partial charge on any atom is 0.224 e. The number of hydrogen-bond acceptors (Lipinski definition) is 2. The van der Waals surface area contributed by atoms with Gasteiger partial charge >= 0.3 is 0 Å². The molecular weight excluding hydrogens is 366 g/mol. The molecule has 1 atom stereocenters. The topological polar surface area (TPSA) is 38.3 Å². The summed E-state index contributed by atoms with van der Waals surface area (Å²) in [5, 5.41) is 3.18. The van der Waals surface area contributed by atoms with E-state index in [0.29, 0.717) is 6.42 Å². The van der Waals surface area contributed by atoms with E-state index in [1.807, 2.05) is 37.3 Å². The normalized spacial score (nSPS) is 18.4. The van der Waals surface area contributed by atoms with Crippen LogP contribution in [0.25, 0.3) is 0 Å². The fourth-order valence-corrected chi connectivity index (χ4v) is 3.61. The first kappa shape index (κ1) is 17.0. The zero-order chi connectivity index (χ0) is 17.3. The molecule has 2 aromatic carbocycles. The van der Waals surface area contributed by atoms with E-state index in [9.17, 15) is 4.79 Å². The van der Waals surface area contributed by atoms with Gasteiger partial charge in [-0.3, -0.25) is 4.79 Å². The van der Waals surface area contributed by atoms with Gasteiger partial charge in [-0.25, -0.2) is 0 Å². The third kappa shape index (κ3) is 3.99. The van der Waals surface area contributed by atoms with Crippen LogP contribution in [0.15, 0.2) is 46.9 Å². The van der Waals surface area contributed by atoms with Crippen LogP contribution in [0.2, 0.25) is 0 Å². The molecule has 4 heteroatoms. The Hall–Kier alpha value is -1.81. The van der Waals surface area contributed by atoms with Crippen molar-refractivity contribution in [3.8, 4) is 5.75 Å². The number of ether oxygens (including phenoxy) is 1. The summed E-state index contributed by atoms with van der Waals surface area (Å²) < 4.78 is 7.08. The van der Waals surface area contributed by atoms with Crippen LogP contribution in [0.1, 0.15) is 43.0 Å². The van der Waals surface area contributed by atoms with Gasteiger partial charge in [0, 0.05) is 16.5 Å². The summed E-state index contributed by atoms with van der Waals surface area (Å²) in [5.41, 5.74) is 2.92. The number of carbonyl (C=O) groups excluding carboxylic acids is 1. The molecule has 24 heavy (non-hydrogen) atoms.